The van der Waals surface area contributed by atoms with Crippen LogP contribution < -0.4 is 10.1 Å². The zero-order chi connectivity index (χ0) is 16.8. The first-order valence-corrected chi connectivity index (χ1v) is 7.47. The number of carbonyl (C=O) groups excluding carboxylic acids is 1. The largest absolute Gasteiger partial charge is 0.484 e. The van der Waals surface area contributed by atoms with Crippen molar-refractivity contribution in [1.82, 2.24) is 19.7 Å². The quantitative estimate of drug-likeness (QED) is 0.751. The van der Waals surface area contributed by atoms with Crippen LogP contribution in [0.15, 0.2) is 55.1 Å². The Morgan fingerprint density at radius 3 is 3.00 bits per heavy atom. The fraction of sp³-hybridized carbons (Fsp3) is 0.176. The lowest BCUT2D eigenvalue weighted by Crippen LogP contribution is -2.21. The lowest BCUT2D eigenvalue weighted by atomic mass is 10.2. The molecule has 24 heavy (non-hydrogen) atoms. The Hall–Kier alpha value is -3.22. The van der Waals surface area contributed by atoms with Crippen LogP contribution in [0, 0.1) is 6.92 Å². The fourth-order valence-corrected chi connectivity index (χ4v) is 2.12. The fourth-order valence-electron chi connectivity index (χ4n) is 2.12. The van der Waals surface area contributed by atoms with Crippen molar-refractivity contribution in [3.05, 3.63) is 66.2 Å². The Morgan fingerprint density at radius 2 is 2.21 bits per heavy atom. The number of aromatic nitrogens is 4. The summed E-state index contributed by atoms with van der Waals surface area (Å²) in [6, 6.07) is 11.3. The molecule has 0 atom stereocenters. The average Bonchev–Trinajstić information content (AvgIpc) is 3.01. The highest BCUT2D eigenvalue weighted by Crippen LogP contribution is 2.12. The van der Waals surface area contributed by atoms with Gasteiger partial charge in [-0.1, -0.05) is 18.2 Å². The third-order valence-electron chi connectivity index (χ3n) is 3.21. The zero-order valence-corrected chi connectivity index (χ0v) is 13.2. The Kier molecular flexibility index (Phi) is 4.81. The van der Waals surface area contributed by atoms with E-state index in [0.717, 1.165) is 11.1 Å². The van der Waals surface area contributed by atoms with Crippen LogP contribution in [0.3, 0.4) is 0 Å². The van der Waals surface area contributed by atoms with E-state index in [-0.39, 0.29) is 18.5 Å². The molecular weight excluding hydrogens is 306 g/mol. The Morgan fingerprint density at radius 1 is 1.29 bits per heavy atom. The second kappa shape index (κ2) is 7.36. The van der Waals surface area contributed by atoms with E-state index < -0.39 is 0 Å². The number of amides is 1. The maximum Gasteiger partial charge on any atom is 0.264 e. The van der Waals surface area contributed by atoms with Gasteiger partial charge in [-0.2, -0.15) is 0 Å². The summed E-state index contributed by atoms with van der Waals surface area (Å²) in [6.07, 6.45) is 5.03. The monoisotopic (exact) mass is 323 g/mol. The second-order valence-electron chi connectivity index (χ2n) is 5.28. The lowest BCUT2D eigenvalue weighted by Gasteiger charge is -2.06. The minimum Gasteiger partial charge on any atom is -0.484 e. The summed E-state index contributed by atoms with van der Waals surface area (Å²) in [7, 11) is 0. The third-order valence-corrected chi connectivity index (χ3v) is 3.21. The first-order chi connectivity index (χ1) is 11.7. The Labute approximate surface area is 139 Å². The predicted molar refractivity (Wildman–Crippen MR) is 88.7 cm³/mol. The van der Waals surface area contributed by atoms with Crippen LogP contribution in [0.2, 0.25) is 0 Å². The molecule has 2 aromatic heterocycles. The molecule has 122 valence electrons. The minimum atomic E-state index is -0.310. The number of nitrogens with zero attached hydrogens (tertiary/aromatic N) is 4. The van der Waals surface area contributed by atoms with Gasteiger partial charge in [0, 0.05) is 12.4 Å². The van der Waals surface area contributed by atoms with E-state index in [0.29, 0.717) is 12.3 Å². The summed E-state index contributed by atoms with van der Waals surface area (Å²) in [5.74, 6) is 0.590. The number of hydrogen-bond donors (Lipinski definition) is 1. The van der Waals surface area contributed by atoms with Crippen LogP contribution in [0.1, 0.15) is 11.1 Å². The molecule has 1 amide bonds. The minimum absolute atomic E-state index is 0.0966. The molecule has 3 aromatic rings. The summed E-state index contributed by atoms with van der Waals surface area (Å²) >= 11 is 0. The molecule has 7 heteroatoms. The van der Waals surface area contributed by atoms with E-state index in [2.05, 4.69) is 20.4 Å². The third kappa shape index (κ3) is 4.39. The summed E-state index contributed by atoms with van der Waals surface area (Å²) in [5.41, 5.74) is 2.08. The SMILES string of the molecule is Cc1cccc(OCC(=O)Nc2ncn(Cc3cccnc3)n2)c1. The molecule has 0 fully saturated rings. The highest BCUT2D eigenvalue weighted by molar-refractivity contribution is 5.90. The number of aryl methyl sites for hydroxylation is 1. The van der Waals surface area contributed by atoms with Crippen molar-refractivity contribution in [3.63, 3.8) is 0 Å². The van der Waals surface area contributed by atoms with Gasteiger partial charge in [0.25, 0.3) is 5.91 Å². The smallest absolute Gasteiger partial charge is 0.264 e. The standard InChI is InChI=1S/C17H17N5O2/c1-13-4-2-6-15(8-13)24-11-16(23)20-17-19-12-22(21-17)10-14-5-3-7-18-9-14/h2-9,12H,10-11H2,1H3,(H,20,21,23). The molecule has 0 bridgehead atoms. The van der Waals surface area contributed by atoms with E-state index in [1.54, 1.807) is 29.5 Å². The number of nitrogens with one attached hydrogen (secondary N) is 1. The maximum absolute atomic E-state index is 11.9. The molecule has 2 heterocycles. The van der Waals surface area contributed by atoms with E-state index in [1.807, 2.05) is 37.3 Å². The topological polar surface area (TPSA) is 81.9 Å². The molecule has 0 aliphatic heterocycles. The lowest BCUT2D eigenvalue weighted by molar-refractivity contribution is -0.118. The first-order valence-electron chi connectivity index (χ1n) is 7.47. The summed E-state index contributed by atoms with van der Waals surface area (Å²) in [6.45, 7) is 2.41. The van der Waals surface area contributed by atoms with Crippen molar-refractivity contribution < 1.29 is 9.53 Å². The Balaban J connectivity index is 1.51. The molecule has 0 saturated carbocycles. The van der Waals surface area contributed by atoms with E-state index in [1.165, 1.54) is 0 Å². The molecule has 1 N–H and O–H groups in total. The molecule has 7 nitrogen and oxygen atoms in total. The number of pyridine rings is 1. The highest BCUT2D eigenvalue weighted by atomic mass is 16.5. The molecule has 0 aliphatic carbocycles. The van der Waals surface area contributed by atoms with Crippen LogP contribution in [0.5, 0.6) is 5.75 Å². The van der Waals surface area contributed by atoms with Gasteiger partial charge in [0.05, 0.1) is 6.54 Å². The second-order valence-corrected chi connectivity index (χ2v) is 5.28. The van der Waals surface area contributed by atoms with E-state index in [4.69, 9.17) is 4.74 Å². The van der Waals surface area contributed by atoms with Crippen LogP contribution in [-0.2, 0) is 11.3 Å². The van der Waals surface area contributed by atoms with Gasteiger partial charge in [0.2, 0.25) is 5.95 Å². The number of rotatable bonds is 6. The highest BCUT2D eigenvalue weighted by Gasteiger charge is 2.08. The molecule has 0 spiro atoms. The van der Waals surface area contributed by atoms with Gasteiger partial charge in [0.1, 0.15) is 12.1 Å². The van der Waals surface area contributed by atoms with Gasteiger partial charge in [-0.05, 0) is 36.2 Å². The first kappa shape index (κ1) is 15.7. The van der Waals surface area contributed by atoms with E-state index >= 15 is 0 Å². The van der Waals surface area contributed by atoms with Gasteiger partial charge >= 0.3 is 0 Å². The maximum atomic E-state index is 11.9. The zero-order valence-electron chi connectivity index (χ0n) is 13.2. The number of anilines is 1. The van der Waals surface area contributed by atoms with Crippen molar-refractivity contribution in [1.29, 1.82) is 0 Å². The van der Waals surface area contributed by atoms with Crippen molar-refractivity contribution in [2.75, 3.05) is 11.9 Å². The number of hydrogen-bond acceptors (Lipinski definition) is 5. The molecule has 0 radical (unpaired) electrons. The molecule has 1 aromatic carbocycles. The number of ether oxygens (including phenoxy) is 1. The summed E-state index contributed by atoms with van der Waals surface area (Å²) in [5, 5.41) is 6.82. The van der Waals surface area contributed by atoms with Gasteiger partial charge in [0.15, 0.2) is 6.61 Å². The Bertz CT molecular complexity index is 817. The van der Waals surface area contributed by atoms with Gasteiger partial charge < -0.3 is 4.74 Å². The molecule has 0 unspecified atom stereocenters. The average molecular weight is 323 g/mol. The van der Waals surface area contributed by atoms with Gasteiger partial charge in [-0.25, -0.2) is 9.67 Å². The number of benzene rings is 1. The molecule has 0 saturated heterocycles. The van der Waals surface area contributed by atoms with Crippen LogP contribution in [-0.4, -0.2) is 32.3 Å². The van der Waals surface area contributed by atoms with Crippen molar-refractivity contribution in [2.24, 2.45) is 0 Å². The van der Waals surface area contributed by atoms with Crippen LogP contribution >= 0.6 is 0 Å². The van der Waals surface area contributed by atoms with Gasteiger partial charge in [-0.3, -0.25) is 15.1 Å². The summed E-state index contributed by atoms with van der Waals surface area (Å²) < 4.78 is 7.07. The molecular formula is C17H17N5O2. The molecule has 3 rings (SSSR count). The molecule has 0 aliphatic rings. The van der Waals surface area contributed by atoms with Crippen LogP contribution in [0.25, 0.3) is 0 Å². The van der Waals surface area contributed by atoms with Crippen molar-refractivity contribution in [3.8, 4) is 5.75 Å². The van der Waals surface area contributed by atoms with Crippen molar-refractivity contribution >= 4 is 11.9 Å². The van der Waals surface area contributed by atoms with E-state index in [9.17, 15) is 4.79 Å². The van der Waals surface area contributed by atoms with Crippen molar-refractivity contribution in [2.45, 2.75) is 13.5 Å². The van der Waals surface area contributed by atoms with Gasteiger partial charge in [-0.15, -0.1) is 5.10 Å². The van der Waals surface area contributed by atoms with Crippen LogP contribution in [0.4, 0.5) is 5.95 Å². The normalized spacial score (nSPS) is 10.4. The number of carbonyl (C=O) groups is 1. The summed E-state index contributed by atoms with van der Waals surface area (Å²) in [4.78, 5) is 20.0. The predicted octanol–water partition coefficient (Wildman–Crippen LogP) is 2.05.